The lowest BCUT2D eigenvalue weighted by Crippen LogP contribution is -2.36. The van der Waals surface area contributed by atoms with E-state index in [0.29, 0.717) is 12.0 Å². The Bertz CT molecular complexity index is 524. The molecular formula is C15H18O4. The number of hydrogen-bond acceptors (Lipinski definition) is 4. The maximum atomic E-state index is 11.8. The van der Waals surface area contributed by atoms with E-state index in [4.69, 9.17) is 9.47 Å². The molecule has 4 nitrogen and oxygen atoms in total. The number of epoxide rings is 1. The van der Waals surface area contributed by atoms with E-state index in [1.807, 2.05) is 0 Å². The third-order valence-corrected chi connectivity index (χ3v) is 5.70. The smallest absolute Gasteiger partial charge is 0.334 e. The molecule has 1 spiro atoms. The van der Waals surface area contributed by atoms with Crippen LogP contribution in [0.5, 0.6) is 0 Å². The summed E-state index contributed by atoms with van der Waals surface area (Å²) in [5.74, 6) is -0.351. The molecule has 2 aliphatic carbocycles. The van der Waals surface area contributed by atoms with Crippen LogP contribution in [0.3, 0.4) is 0 Å². The molecule has 2 saturated carbocycles. The molecule has 4 aliphatic rings. The van der Waals surface area contributed by atoms with Crippen LogP contribution in [0.1, 0.15) is 26.2 Å². The Labute approximate surface area is 112 Å². The maximum absolute atomic E-state index is 11.8. The Hall–Kier alpha value is -1.13. The van der Waals surface area contributed by atoms with Gasteiger partial charge in [-0.1, -0.05) is 13.2 Å². The van der Waals surface area contributed by atoms with Crippen LogP contribution in [0, 0.1) is 11.8 Å². The molecule has 2 heterocycles. The summed E-state index contributed by atoms with van der Waals surface area (Å²) in [6.45, 7) is 9.99. The zero-order valence-electron chi connectivity index (χ0n) is 11.0. The number of ether oxygens (including phenoxy) is 2. The average Bonchev–Trinajstić information content (AvgIpc) is 2.72. The van der Waals surface area contributed by atoms with Crippen molar-refractivity contribution in [3.05, 3.63) is 24.3 Å². The van der Waals surface area contributed by atoms with Crippen LogP contribution in [-0.2, 0) is 14.3 Å². The summed E-state index contributed by atoms with van der Waals surface area (Å²) in [6.07, 6.45) is 1.49. The first kappa shape index (κ1) is 11.7. The maximum Gasteiger partial charge on any atom is 0.334 e. The summed E-state index contributed by atoms with van der Waals surface area (Å²) >= 11 is 0. The Balaban J connectivity index is 1.81. The van der Waals surface area contributed by atoms with Crippen LogP contribution in [0.2, 0.25) is 0 Å². The highest BCUT2D eigenvalue weighted by molar-refractivity contribution is 5.91. The number of carbonyl (C=O) groups excluding carboxylic acids is 1. The van der Waals surface area contributed by atoms with E-state index in [1.54, 1.807) is 0 Å². The van der Waals surface area contributed by atoms with Crippen LogP contribution >= 0.6 is 0 Å². The highest BCUT2D eigenvalue weighted by atomic mass is 16.6. The van der Waals surface area contributed by atoms with Crippen LogP contribution < -0.4 is 0 Å². The van der Waals surface area contributed by atoms with Crippen molar-refractivity contribution >= 4 is 5.97 Å². The SMILES string of the molecule is C=C1[C@H](O)C[C@@]23O[C@]2(C)CC[C@H]2C(=C)C(=O)O[C@@H]2[C@@H]13. The fourth-order valence-electron chi connectivity index (χ4n) is 4.52. The highest BCUT2D eigenvalue weighted by Crippen LogP contribution is 2.68. The van der Waals surface area contributed by atoms with Crippen LogP contribution in [0.25, 0.3) is 0 Å². The van der Waals surface area contributed by atoms with E-state index in [-0.39, 0.29) is 35.1 Å². The highest BCUT2D eigenvalue weighted by Gasteiger charge is 2.78. The predicted octanol–water partition coefficient (Wildman–Crippen LogP) is 1.34. The number of esters is 1. The second-order valence-electron chi connectivity index (χ2n) is 6.54. The van der Waals surface area contributed by atoms with Crippen LogP contribution in [0.15, 0.2) is 24.3 Å². The van der Waals surface area contributed by atoms with Gasteiger partial charge < -0.3 is 14.6 Å². The summed E-state index contributed by atoms with van der Waals surface area (Å²) in [7, 11) is 0. The predicted molar refractivity (Wildman–Crippen MR) is 67.2 cm³/mol. The van der Waals surface area contributed by atoms with Gasteiger partial charge in [0.1, 0.15) is 11.7 Å². The zero-order valence-corrected chi connectivity index (χ0v) is 11.0. The fourth-order valence-corrected chi connectivity index (χ4v) is 4.52. The molecule has 6 atom stereocenters. The molecule has 0 aromatic heterocycles. The summed E-state index contributed by atoms with van der Waals surface area (Å²) in [4.78, 5) is 11.8. The number of hydrogen-bond donors (Lipinski definition) is 1. The van der Waals surface area contributed by atoms with Crippen molar-refractivity contribution in [1.82, 2.24) is 0 Å². The van der Waals surface area contributed by atoms with Gasteiger partial charge in [0.15, 0.2) is 0 Å². The Kier molecular flexibility index (Phi) is 1.92. The molecule has 0 radical (unpaired) electrons. The third kappa shape index (κ3) is 1.15. The molecule has 0 amide bonds. The largest absolute Gasteiger partial charge is 0.458 e. The molecule has 0 unspecified atom stereocenters. The molecule has 2 saturated heterocycles. The second kappa shape index (κ2) is 3.13. The minimum atomic E-state index is -0.557. The Morgan fingerprint density at radius 3 is 2.89 bits per heavy atom. The molecule has 0 bridgehead atoms. The van der Waals surface area contributed by atoms with Crippen molar-refractivity contribution in [2.24, 2.45) is 11.8 Å². The normalized spacial score (nSPS) is 55.2. The molecule has 1 N–H and O–H groups in total. The molecule has 2 aliphatic heterocycles. The van der Waals surface area contributed by atoms with Gasteiger partial charge in [0.25, 0.3) is 0 Å². The topological polar surface area (TPSA) is 59.1 Å². The molecule has 4 fully saturated rings. The van der Waals surface area contributed by atoms with E-state index in [2.05, 4.69) is 20.1 Å². The van der Waals surface area contributed by atoms with Gasteiger partial charge in [0.2, 0.25) is 0 Å². The zero-order chi connectivity index (χ0) is 13.6. The molecule has 0 aromatic carbocycles. The van der Waals surface area contributed by atoms with E-state index >= 15 is 0 Å². The van der Waals surface area contributed by atoms with Crippen molar-refractivity contribution in [3.8, 4) is 0 Å². The van der Waals surface area contributed by atoms with E-state index < -0.39 is 6.10 Å². The lowest BCUT2D eigenvalue weighted by molar-refractivity contribution is -0.141. The average molecular weight is 262 g/mol. The Morgan fingerprint density at radius 1 is 1.42 bits per heavy atom. The minimum Gasteiger partial charge on any atom is -0.458 e. The Morgan fingerprint density at radius 2 is 2.16 bits per heavy atom. The first-order valence-corrected chi connectivity index (χ1v) is 6.86. The number of rotatable bonds is 0. The van der Waals surface area contributed by atoms with Crippen LogP contribution in [0.4, 0.5) is 0 Å². The van der Waals surface area contributed by atoms with Crippen molar-refractivity contribution in [2.75, 3.05) is 0 Å². The monoisotopic (exact) mass is 262 g/mol. The lowest BCUT2D eigenvalue weighted by atomic mass is 9.80. The van der Waals surface area contributed by atoms with Gasteiger partial charge in [-0.3, -0.25) is 0 Å². The van der Waals surface area contributed by atoms with Crippen molar-refractivity contribution in [3.63, 3.8) is 0 Å². The molecule has 4 rings (SSSR count). The van der Waals surface area contributed by atoms with Crippen molar-refractivity contribution in [1.29, 1.82) is 0 Å². The number of aliphatic hydroxyl groups is 1. The van der Waals surface area contributed by atoms with E-state index in [1.165, 1.54) is 0 Å². The molecular weight excluding hydrogens is 244 g/mol. The van der Waals surface area contributed by atoms with Gasteiger partial charge in [-0.15, -0.1) is 0 Å². The van der Waals surface area contributed by atoms with E-state index in [9.17, 15) is 9.90 Å². The molecule has 4 heteroatoms. The number of carbonyl (C=O) groups is 1. The quantitative estimate of drug-likeness (QED) is 0.310. The standard InChI is InChI=1S/C15H18O4/c1-7-9-4-5-14(3)15(19-14)6-10(16)8(2)11(15)12(9)18-13(7)17/h9-12,16H,1-2,4-6H2,3H3/t9-,10+,11+,12-,14+,15-/m0/s1. The fraction of sp³-hybridized carbons (Fsp3) is 0.667. The number of fused-ring (bicyclic) bond motifs is 2. The lowest BCUT2D eigenvalue weighted by Gasteiger charge is -2.25. The van der Waals surface area contributed by atoms with Crippen LogP contribution in [-0.4, -0.2) is 34.5 Å². The first-order valence-electron chi connectivity index (χ1n) is 6.86. The summed E-state index contributed by atoms with van der Waals surface area (Å²) in [5.41, 5.74) is 0.727. The second-order valence-corrected chi connectivity index (χ2v) is 6.54. The van der Waals surface area contributed by atoms with Gasteiger partial charge in [-0.25, -0.2) is 4.79 Å². The molecule has 19 heavy (non-hydrogen) atoms. The molecule has 102 valence electrons. The van der Waals surface area contributed by atoms with E-state index in [0.717, 1.165) is 18.4 Å². The molecule has 0 aromatic rings. The minimum absolute atomic E-state index is 0.0460. The summed E-state index contributed by atoms with van der Waals surface area (Å²) in [6, 6.07) is 0. The number of aliphatic hydroxyl groups excluding tert-OH is 1. The van der Waals surface area contributed by atoms with Crippen molar-refractivity contribution < 1.29 is 19.4 Å². The van der Waals surface area contributed by atoms with Gasteiger partial charge >= 0.3 is 5.97 Å². The van der Waals surface area contributed by atoms with Gasteiger partial charge in [0.05, 0.1) is 17.6 Å². The van der Waals surface area contributed by atoms with Gasteiger partial charge in [-0.2, -0.15) is 0 Å². The van der Waals surface area contributed by atoms with Crippen molar-refractivity contribution in [2.45, 2.75) is 49.6 Å². The van der Waals surface area contributed by atoms with Gasteiger partial charge in [-0.05, 0) is 25.3 Å². The summed E-state index contributed by atoms with van der Waals surface area (Å²) < 4.78 is 11.6. The first-order chi connectivity index (χ1) is 8.90. The summed E-state index contributed by atoms with van der Waals surface area (Å²) in [5, 5.41) is 10.1. The van der Waals surface area contributed by atoms with Gasteiger partial charge in [0, 0.05) is 17.9 Å². The third-order valence-electron chi connectivity index (χ3n) is 5.70.